The SMILES string of the molecule is CC1CCCCC1C(C)(O)C(C)C. The highest BCUT2D eigenvalue weighted by Gasteiger charge is 2.38. The third kappa shape index (κ3) is 2.25. The molecule has 0 bridgehead atoms. The molecule has 0 amide bonds. The highest BCUT2D eigenvalue weighted by atomic mass is 16.3. The smallest absolute Gasteiger partial charge is 0.0673 e. The van der Waals surface area contributed by atoms with Crippen molar-refractivity contribution in [1.82, 2.24) is 0 Å². The van der Waals surface area contributed by atoms with Gasteiger partial charge < -0.3 is 5.11 Å². The predicted molar refractivity (Wildman–Crippen MR) is 56.6 cm³/mol. The molecule has 0 aromatic rings. The Hall–Kier alpha value is -0.0400. The fourth-order valence-electron chi connectivity index (χ4n) is 2.61. The lowest BCUT2D eigenvalue weighted by molar-refractivity contribution is -0.0732. The molecule has 78 valence electrons. The molecule has 1 fully saturated rings. The molecule has 1 N–H and O–H groups in total. The summed E-state index contributed by atoms with van der Waals surface area (Å²) in [5.41, 5.74) is -0.458. The monoisotopic (exact) mass is 184 g/mol. The Morgan fingerprint density at radius 2 is 1.77 bits per heavy atom. The topological polar surface area (TPSA) is 20.2 Å². The quantitative estimate of drug-likeness (QED) is 0.698. The first kappa shape index (κ1) is 11.0. The van der Waals surface area contributed by atoms with E-state index < -0.39 is 5.60 Å². The van der Waals surface area contributed by atoms with Crippen LogP contribution in [-0.2, 0) is 0 Å². The van der Waals surface area contributed by atoms with Crippen LogP contribution in [0.15, 0.2) is 0 Å². The van der Waals surface area contributed by atoms with Crippen molar-refractivity contribution < 1.29 is 5.11 Å². The van der Waals surface area contributed by atoms with Crippen molar-refractivity contribution >= 4 is 0 Å². The minimum absolute atomic E-state index is 0.373. The average Bonchev–Trinajstić information content (AvgIpc) is 2.04. The summed E-state index contributed by atoms with van der Waals surface area (Å²) in [4.78, 5) is 0. The van der Waals surface area contributed by atoms with Crippen molar-refractivity contribution in [1.29, 1.82) is 0 Å². The van der Waals surface area contributed by atoms with Crippen LogP contribution in [0, 0.1) is 17.8 Å². The fourth-order valence-corrected chi connectivity index (χ4v) is 2.61. The highest BCUT2D eigenvalue weighted by molar-refractivity contribution is 4.89. The van der Waals surface area contributed by atoms with Gasteiger partial charge in [0.15, 0.2) is 0 Å². The third-order valence-corrected chi connectivity index (χ3v) is 4.03. The van der Waals surface area contributed by atoms with Gasteiger partial charge in [0.05, 0.1) is 5.60 Å². The lowest BCUT2D eigenvalue weighted by Gasteiger charge is -2.42. The molecule has 1 nitrogen and oxygen atoms in total. The molecular formula is C12H24O. The van der Waals surface area contributed by atoms with Crippen LogP contribution in [0.5, 0.6) is 0 Å². The lowest BCUT2D eigenvalue weighted by Crippen LogP contribution is -2.44. The van der Waals surface area contributed by atoms with Crippen molar-refractivity contribution in [3.63, 3.8) is 0 Å². The zero-order valence-electron chi connectivity index (χ0n) is 9.51. The van der Waals surface area contributed by atoms with E-state index in [4.69, 9.17) is 0 Å². The van der Waals surface area contributed by atoms with Crippen LogP contribution in [-0.4, -0.2) is 10.7 Å². The Balaban J connectivity index is 2.67. The largest absolute Gasteiger partial charge is 0.390 e. The maximum atomic E-state index is 10.4. The summed E-state index contributed by atoms with van der Waals surface area (Å²) < 4.78 is 0. The van der Waals surface area contributed by atoms with E-state index in [1.165, 1.54) is 25.7 Å². The number of hydrogen-bond donors (Lipinski definition) is 1. The maximum Gasteiger partial charge on any atom is 0.0673 e. The van der Waals surface area contributed by atoms with Crippen molar-refractivity contribution in [3.05, 3.63) is 0 Å². The molecule has 3 atom stereocenters. The summed E-state index contributed by atoms with van der Waals surface area (Å²) in [6.07, 6.45) is 5.17. The van der Waals surface area contributed by atoms with Crippen molar-refractivity contribution in [2.24, 2.45) is 17.8 Å². The van der Waals surface area contributed by atoms with Crippen molar-refractivity contribution in [2.45, 2.75) is 59.0 Å². The summed E-state index contributed by atoms with van der Waals surface area (Å²) in [5.74, 6) is 1.59. The van der Waals surface area contributed by atoms with Crippen LogP contribution < -0.4 is 0 Å². The van der Waals surface area contributed by atoms with Gasteiger partial charge in [-0.05, 0) is 31.1 Å². The Morgan fingerprint density at radius 3 is 2.23 bits per heavy atom. The Labute approximate surface area is 82.5 Å². The van der Waals surface area contributed by atoms with E-state index in [1.807, 2.05) is 6.92 Å². The molecule has 1 saturated carbocycles. The van der Waals surface area contributed by atoms with Gasteiger partial charge in [0.1, 0.15) is 0 Å². The molecule has 1 aliphatic carbocycles. The number of aliphatic hydroxyl groups is 1. The first-order chi connectivity index (χ1) is 5.96. The van der Waals surface area contributed by atoms with Gasteiger partial charge in [-0.15, -0.1) is 0 Å². The third-order valence-electron chi connectivity index (χ3n) is 4.03. The number of rotatable bonds is 2. The molecule has 0 aliphatic heterocycles. The molecule has 0 aromatic carbocycles. The zero-order chi connectivity index (χ0) is 10.1. The molecule has 0 aromatic heterocycles. The van der Waals surface area contributed by atoms with E-state index in [-0.39, 0.29) is 0 Å². The normalized spacial score (nSPS) is 34.6. The Bertz CT molecular complexity index is 161. The molecule has 0 saturated heterocycles. The Morgan fingerprint density at radius 1 is 1.23 bits per heavy atom. The minimum atomic E-state index is -0.458. The van der Waals surface area contributed by atoms with Crippen LogP contribution in [0.3, 0.4) is 0 Å². The maximum absolute atomic E-state index is 10.4. The molecule has 1 aliphatic rings. The summed E-state index contributed by atoms with van der Waals surface area (Å²) in [7, 11) is 0. The van der Waals surface area contributed by atoms with Crippen LogP contribution in [0.2, 0.25) is 0 Å². The van der Waals surface area contributed by atoms with Crippen LogP contribution in [0.25, 0.3) is 0 Å². The summed E-state index contributed by atoms with van der Waals surface area (Å²) in [5, 5.41) is 10.4. The zero-order valence-corrected chi connectivity index (χ0v) is 9.51. The van der Waals surface area contributed by atoms with Gasteiger partial charge >= 0.3 is 0 Å². The summed E-state index contributed by atoms with van der Waals surface area (Å²) in [6.45, 7) is 8.56. The molecule has 0 spiro atoms. The van der Waals surface area contributed by atoms with E-state index in [0.717, 1.165) is 0 Å². The van der Waals surface area contributed by atoms with Gasteiger partial charge in [-0.2, -0.15) is 0 Å². The van der Waals surface area contributed by atoms with E-state index in [0.29, 0.717) is 17.8 Å². The van der Waals surface area contributed by atoms with E-state index in [2.05, 4.69) is 20.8 Å². The van der Waals surface area contributed by atoms with Gasteiger partial charge in [-0.25, -0.2) is 0 Å². The molecule has 0 radical (unpaired) electrons. The first-order valence-corrected chi connectivity index (χ1v) is 5.68. The molecule has 1 heteroatoms. The molecule has 13 heavy (non-hydrogen) atoms. The lowest BCUT2D eigenvalue weighted by atomic mass is 9.68. The average molecular weight is 184 g/mol. The van der Waals surface area contributed by atoms with Crippen molar-refractivity contribution in [3.8, 4) is 0 Å². The van der Waals surface area contributed by atoms with E-state index >= 15 is 0 Å². The van der Waals surface area contributed by atoms with Crippen LogP contribution in [0.1, 0.15) is 53.4 Å². The summed E-state index contributed by atoms with van der Waals surface area (Å²) >= 11 is 0. The number of hydrogen-bond acceptors (Lipinski definition) is 1. The predicted octanol–water partition coefficient (Wildman–Crippen LogP) is 3.22. The minimum Gasteiger partial charge on any atom is -0.390 e. The standard InChI is InChI=1S/C12H24O/c1-9(2)12(4,13)11-8-6-5-7-10(11)3/h9-11,13H,5-8H2,1-4H3. The van der Waals surface area contributed by atoms with Gasteiger partial charge in [-0.1, -0.05) is 40.0 Å². The first-order valence-electron chi connectivity index (χ1n) is 5.68. The van der Waals surface area contributed by atoms with Gasteiger partial charge in [-0.3, -0.25) is 0 Å². The molecular weight excluding hydrogens is 160 g/mol. The molecule has 1 rings (SSSR count). The van der Waals surface area contributed by atoms with Crippen LogP contribution >= 0.6 is 0 Å². The van der Waals surface area contributed by atoms with Gasteiger partial charge in [0, 0.05) is 0 Å². The second-order valence-electron chi connectivity index (χ2n) is 5.25. The second-order valence-corrected chi connectivity index (χ2v) is 5.25. The summed E-state index contributed by atoms with van der Waals surface area (Å²) in [6, 6.07) is 0. The highest BCUT2D eigenvalue weighted by Crippen LogP contribution is 2.40. The van der Waals surface area contributed by atoms with E-state index in [1.54, 1.807) is 0 Å². The van der Waals surface area contributed by atoms with Gasteiger partial charge in [0.25, 0.3) is 0 Å². The molecule has 3 unspecified atom stereocenters. The van der Waals surface area contributed by atoms with Gasteiger partial charge in [0.2, 0.25) is 0 Å². The van der Waals surface area contributed by atoms with Crippen LogP contribution in [0.4, 0.5) is 0 Å². The second kappa shape index (κ2) is 4.00. The Kier molecular flexibility index (Phi) is 3.39. The van der Waals surface area contributed by atoms with E-state index in [9.17, 15) is 5.11 Å². The molecule has 0 heterocycles. The fraction of sp³-hybridized carbons (Fsp3) is 1.00. The van der Waals surface area contributed by atoms with Crippen molar-refractivity contribution in [2.75, 3.05) is 0 Å².